The van der Waals surface area contributed by atoms with E-state index in [0.29, 0.717) is 19.8 Å². The number of hydrogen-bond acceptors (Lipinski definition) is 7. The highest BCUT2D eigenvalue weighted by atomic mass is 16.9. The van der Waals surface area contributed by atoms with E-state index >= 15 is 0 Å². The average Bonchev–Trinajstić information content (AvgIpc) is 2.98. The molecule has 0 bridgehead atoms. The number of guanidine groups is 1. The van der Waals surface area contributed by atoms with E-state index in [9.17, 15) is 15.3 Å². The van der Waals surface area contributed by atoms with Crippen LogP contribution < -0.4 is 5.73 Å². The highest BCUT2D eigenvalue weighted by Gasteiger charge is 2.34. The van der Waals surface area contributed by atoms with Gasteiger partial charge in [-0.3, -0.25) is 4.99 Å². The predicted octanol–water partition coefficient (Wildman–Crippen LogP) is -1.78. The van der Waals surface area contributed by atoms with Crippen LogP contribution in [0.1, 0.15) is 19.8 Å². The van der Waals surface area contributed by atoms with Crippen LogP contribution in [0.15, 0.2) is 4.99 Å². The van der Waals surface area contributed by atoms with Gasteiger partial charge in [0, 0.05) is 13.1 Å². The van der Waals surface area contributed by atoms with Gasteiger partial charge in [0.2, 0.25) is 0 Å². The zero-order valence-electron chi connectivity index (χ0n) is 13.4. The quantitative estimate of drug-likeness (QED) is 0.255. The molecule has 2 rings (SSSR count). The van der Waals surface area contributed by atoms with Gasteiger partial charge in [0.15, 0.2) is 5.96 Å². The number of piperidine rings is 1. The van der Waals surface area contributed by atoms with Gasteiger partial charge in [0.05, 0.1) is 19.8 Å². The van der Waals surface area contributed by atoms with Crippen LogP contribution in [0, 0.1) is 0 Å². The molecule has 3 unspecified atom stereocenters. The van der Waals surface area contributed by atoms with E-state index in [-0.39, 0.29) is 25.2 Å². The third-order valence-corrected chi connectivity index (χ3v) is 3.86. The number of likely N-dealkylation sites (tertiary alicyclic amines) is 1. The molecule has 0 aromatic heterocycles. The number of aliphatic hydroxyl groups is 3. The fourth-order valence-corrected chi connectivity index (χ4v) is 2.41. The first kappa shape index (κ1) is 18.4. The van der Waals surface area contributed by atoms with Crippen LogP contribution in [0.25, 0.3) is 0 Å². The molecule has 23 heavy (non-hydrogen) atoms. The smallest absolute Gasteiger partial charge is 0.272 e. The van der Waals surface area contributed by atoms with Crippen LogP contribution in [-0.2, 0) is 14.2 Å². The summed E-state index contributed by atoms with van der Waals surface area (Å²) in [5.74, 6) is 0.189. The molecule has 2 heterocycles. The molecule has 0 saturated carbocycles. The van der Waals surface area contributed by atoms with Gasteiger partial charge < -0.3 is 40.2 Å². The van der Waals surface area contributed by atoms with Gasteiger partial charge >= 0.3 is 0 Å². The van der Waals surface area contributed by atoms with Gasteiger partial charge in [-0.05, 0) is 6.42 Å². The summed E-state index contributed by atoms with van der Waals surface area (Å²) in [4.78, 5) is 5.75. The molecule has 0 radical (unpaired) electrons. The van der Waals surface area contributed by atoms with Crippen LogP contribution in [0.4, 0.5) is 0 Å². The first-order chi connectivity index (χ1) is 11.0. The molecule has 9 heteroatoms. The number of aliphatic hydroxyl groups excluding tert-OH is 3. The van der Waals surface area contributed by atoms with E-state index in [0.717, 1.165) is 12.8 Å². The summed E-state index contributed by atoms with van der Waals surface area (Å²) in [6, 6.07) is 0. The highest BCUT2D eigenvalue weighted by Crippen LogP contribution is 2.15. The lowest BCUT2D eigenvalue weighted by Gasteiger charge is -2.37. The monoisotopic (exact) mass is 333 g/mol. The maximum atomic E-state index is 9.66. The summed E-state index contributed by atoms with van der Waals surface area (Å²) in [6.45, 7) is 2.93. The number of nitrogens with zero attached hydrogens (tertiary/aromatic N) is 2. The van der Waals surface area contributed by atoms with Gasteiger partial charge in [0.25, 0.3) is 6.48 Å². The van der Waals surface area contributed by atoms with Gasteiger partial charge in [-0.1, -0.05) is 13.3 Å². The Morgan fingerprint density at radius 1 is 1.30 bits per heavy atom. The molecule has 2 fully saturated rings. The Balaban J connectivity index is 1.75. The van der Waals surface area contributed by atoms with E-state index in [1.807, 2.05) is 0 Å². The minimum Gasteiger partial charge on any atom is -0.388 e. The second-order valence-electron chi connectivity index (χ2n) is 5.83. The number of unbranched alkanes of at least 4 members (excludes halogenated alkanes) is 1. The largest absolute Gasteiger partial charge is 0.388 e. The molecule has 134 valence electrons. The number of hydrogen-bond donors (Lipinski definition) is 4. The number of ether oxygens (including phenoxy) is 3. The fraction of sp³-hybridized carbons (Fsp3) is 0.929. The van der Waals surface area contributed by atoms with Gasteiger partial charge in [-0.2, -0.15) is 0 Å². The maximum absolute atomic E-state index is 9.66. The zero-order chi connectivity index (χ0) is 16.8. The molecule has 0 aromatic rings. The lowest BCUT2D eigenvalue weighted by atomic mass is 10.0. The Morgan fingerprint density at radius 2 is 2.00 bits per heavy atom. The Bertz CT molecular complexity index is 385. The molecular weight excluding hydrogens is 306 g/mol. The molecule has 5 atom stereocenters. The highest BCUT2D eigenvalue weighted by molar-refractivity contribution is 5.78. The van der Waals surface area contributed by atoms with Crippen molar-refractivity contribution in [2.24, 2.45) is 10.7 Å². The zero-order valence-corrected chi connectivity index (χ0v) is 13.4. The molecular formula is C14H27N3O6. The second-order valence-corrected chi connectivity index (χ2v) is 5.83. The van der Waals surface area contributed by atoms with Crippen LogP contribution in [-0.4, -0.2) is 89.9 Å². The van der Waals surface area contributed by atoms with E-state index in [4.69, 9.17) is 19.9 Å². The Kier molecular flexibility index (Phi) is 7.00. The topological polar surface area (TPSA) is 130 Å². The number of rotatable bonds is 6. The maximum Gasteiger partial charge on any atom is 0.272 e. The number of nitrogens with two attached hydrogens (primary N) is 1. The normalized spacial score (nSPS) is 35.7. The lowest BCUT2D eigenvalue weighted by molar-refractivity contribution is -0.236. The van der Waals surface area contributed by atoms with Crippen molar-refractivity contribution >= 4 is 5.96 Å². The average molecular weight is 333 g/mol. The molecule has 2 aliphatic rings. The first-order valence-corrected chi connectivity index (χ1v) is 7.99. The summed E-state index contributed by atoms with van der Waals surface area (Å²) in [5.41, 5.74) is 5.87. The van der Waals surface area contributed by atoms with Crippen molar-refractivity contribution in [1.29, 1.82) is 0 Å². The Morgan fingerprint density at radius 3 is 2.65 bits per heavy atom. The summed E-state index contributed by atoms with van der Waals surface area (Å²) in [7, 11) is 0. The van der Waals surface area contributed by atoms with E-state index in [1.54, 1.807) is 0 Å². The molecule has 0 aliphatic carbocycles. The van der Waals surface area contributed by atoms with Crippen molar-refractivity contribution in [2.75, 3.05) is 32.8 Å². The molecule has 0 aromatic carbocycles. The molecule has 0 spiro atoms. The van der Waals surface area contributed by atoms with Crippen molar-refractivity contribution < 1.29 is 29.5 Å². The fourth-order valence-electron chi connectivity index (χ4n) is 2.41. The van der Waals surface area contributed by atoms with Gasteiger partial charge in [-0.15, -0.1) is 0 Å². The molecule has 2 saturated heterocycles. The summed E-state index contributed by atoms with van der Waals surface area (Å²) in [6.07, 6.45) is -1.54. The third-order valence-electron chi connectivity index (χ3n) is 3.86. The van der Waals surface area contributed by atoms with Crippen molar-refractivity contribution in [3.63, 3.8) is 0 Å². The molecule has 9 nitrogen and oxygen atoms in total. The number of β-amino-alcohol motifs (C(OH)–C–C–N with tert-alkyl or cyclic N) is 2. The predicted molar refractivity (Wildman–Crippen MR) is 81.6 cm³/mol. The SMILES string of the molecule is CCCCOC1OCC(CN=C(N)N2C[C@@H](O)C(O)[C@@H](O)C2)O1. The summed E-state index contributed by atoms with van der Waals surface area (Å²) in [5, 5.41) is 28.8. The van der Waals surface area contributed by atoms with Crippen molar-refractivity contribution in [2.45, 2.75) is 50.7 Å². The van der Waals surface area contributed by atoms with Crippen LogP contribution in [0.5, 0.6) is 0 Å². The van der Waals surface area contributed by atoms with E-state index in [1.165, 1.54) is 4.90 Å². The Labute approximate surface area is 135 Å². The van der Waals surface area contributed by atoms with Crippen molar-refractivity contribution in [3.05, 3.63) is 0 Å². The number of aliphatic imine (C=N–C) groups is 1. The minimum atomic E-state index is -1.16. The second kappa shape index (κ2) is 8.76. The van der Waals surface area contributed by atoms with E-state index in [2.05, 4.69) is 11.9 Å². The Hall–Kier alpha value is -0.970. The standard InChI is InChI=1S/C14H27N3O6/c1-2-3-4-21-14-22-8-9(23-14)5-16-13(15)17-6-10(18)12(20)11(19)7-17/h9-12,14,18-20H,2-8H2,1H3,(H2,15,16)/t9?,10-,11+,12?,14?. The van der Waals surface area contributed by atoms with Crippen molar-refractivity contribution in [3.8, 4) is 0 Å². The van der Waals surface area contributed by atoms with Crippen molar-refractivity contribution in [1.82, 2.24) is 4.90 Å². The van der Waals surface area contributed by atoms with Crippen LogP contribution >= 0.6 is 0 Å². The van der Waals surface area contributed by atoms with E-state index < -0.39 is 24.8 Å². The minimum absolute atomic E-state index is 0.123. The van der Waals surface area contributed by atoms with Crippen LogP contribution in [0.2, 0.25) is 0 Å². The first-order valence-electron chi connectivity index (χ1n) is 7.99. The van der Waals surface area contributed by atoms with Gasteiger partial charge in [-0.25, -0.2) is 0 Å². The lowest BCUT2D eigenvalue weighted by Crippen LogP contribution is -2.58. The van der Waals surface area contributed by atoms with Gasteiger partial charge in [0.1, 0.15) is 24.4 Å². The molecule has 5 N–H and O–H groups in total. The van der Waals surface area contributed by atoms with Crippen LogP contribution in [0.3, 0.4) is 0 Å². The molecule has 0 amide bonds. The summed E-state index contributed by atoms with van der Waals surface area (Å²) < 4.78 is 16.3. The summed E-state index contributed by atoms with van der Waals surface area (Å²) >= 11 is 0. The molecule has 2 aliphatic heterocycles. The third kappa shape index (κ3) is 5.27.